The van der Waals surface area contributed by atoms with E-state index in [9.17, 15) is 9.18 Å². The van der Waals surface area contributed by atoms with Gasteiger partial charge in [-0.25, -0.2) is 4.39 Å². The van der Waals surface area contributed by atoms with Crippen molar-refractivity contribution in [1.82, 2.24) is 4.90 Å². The topological polar surface area (TPSA) is 20.3 Å². The fourth-order valence-electron chi connectivity index (χ4n) is 3.16. The van der Waals surface area contributed by atoms with Gasteiger partial charge in [0.2, 0.25) is 5.91 Å². The number of amides is 1. The van der Waals surface area contributed by atoms with Gasteiger partial charge < -0.3 is 4.90 Å². The van der Waals surface area contributed by atoms with E-state index in [1.54, 1.807) is 17.0 Å². The normalized spacial score (nSPS) is 15.9. The van der Waals surface area contributed by atoms with E-state index in [2.05, 4.69) is 0 Å². The van der Waals surface area contributed by atoms with Crippen LogP contribution in [0.15, 0.2) is 24.3 Å². The molecule has 1 saturated carbocycles. The van der Waals surface area contributed by atoms with Gasteiger partial charge in [0.05, 0.1) is 0 Å². The zero-order valence-electron chi connectivity index (χ0n) is 13.0. The quantitative estimate of drug-likeness (QED) is 0.754. The molecule has 1 aliphatic carbocycles. The highest BCUT2D eigenvalue weighted by Gasteiger charge is 2.15. The smallest absolute Gasteiger partial charge is 0.222 e. The lowest BCUT2D eigenvalue weighted by Gasteiger charge is -2.22. The van der Waals surface area contributed by atoms with Crippen LogP contribution in [0.25, 0.3) is 0 Å². The van der Waals surface area contributed by atoms with Crippen LogP contribution in [0.3, 0.4) is 0 Å². The molecule has 0 N–H and O–H groups in total. The van der Waals surface area contributed by atoms with Gasteiger partial charge >= 0.3 is 0 Å². The second-order valence-electron chi connectivity index (χ2n) is 6.27. The largest absolute Gasteiger partial charge is 0.341 e. The Bertz CT molecular complexity index is 437. The van der Waals surface area contributed by atoms with Crippen LogP contribution < -0.4 is 0 Å². The summed E-state index contributed by atoms with van der Waals surface area (Å²) in [6, 6.07) is 6.36. The minimum absolute atomic E-state index is 0.190. The summed E-state index contributed by atoms with van der Waals surface area (Å²) in [6.07, 6.45) is 9.63. The maximum Gasteiger partial charge on any atom is 0.222 e. The molecule has 0 bridgehead atoms. The predicted octanol–water partition coefficient (Wildman–Crippen LogP) is 4.53. The second-order valence-corrected chi connectivity index (χ2v) is 6.27. The van der Waals surface area contributed by atoms with Crippen LogP contribution in [0.4, 0.5) is 4.39 Å². The monoisotopic (exact) mass is 291 g/mol. The number of carbonyl (C=O) groups excluding carboxylic acids is 1. The van der Waals surface area contributed by atoms with Crippen molar-refractivity contribution in [3.8, 4) is 0 Å². The zero-order chi connectivity index (χ0) is 15.1. The number of hydrogen-bond donors (Lipinski definition) is 0. The van der Waals surface area contributed by atoms with Gasteiger partial charge in [-0.15, -0.1) is 0 Å². The standard InChI is InChI=1S/C18H26FNO/c1-20(14-16-10-12-17(19)13-11-16)18(21)9-5-8-15-6-3-2-4-7-15/h10-13,15H,2-9,14H2,1H3. The van der Waals surface area contributed by atoms with Crippen molar-refractivity contribution >= 4 is 5.91 Å². The molecule has 2 nitrogen and oxygen atoms in total. The van der Waals surface area contributed by atoms with Crippen molar-refractivity contribution in [2.24, 2.45) is 5.92 Å². The molecular weight excluding hydrogens is 265 g/mol. The molecule has 1 amide bonds. The number of carbonyl (C=O) groups is 1. The molecule has 1 aromatic carbocycles. The summed E-state index contributed by atoms with van der Waals surface area (Å²) < 4.78 is 12.8. The predicted molar refractivity (Wildman–Crippen MR) is 83.3 cm³/mol. The first-order valence-corrected chi connectivity index (χ1v) is 8.13. The van der Waals surface area contributed by atoms with Crippen molar-refractivity contribution in [3.63, 3.8) is 0 Å². The summed E-state index contributed by atoms with van der Waals surface area (Å²) in [5.41, 5.74) is 0.972. The number of hydrogen-bond acceptors (Lipinski definition) is 1. The molecule has 0 aromatic heterocycles. The van der Waals surface area contributed by atoms with Crippen LogP contribution >= 0.6 is 0 Å². The lowest BCUT2D eigenvalue weighted by molar-refractivity contribution is -0.130. The van der Waals surface area contributed by atoms with E-state index in [-0.39, 0.29) is 11.7 Å². The average molecular weight is 291 g/mol. The molecule has 21 heavy (non-hydrogen) atoms. The van der Waals surface area contributed by atoms with Crippen LogP contribution in [0.1, 0.15) is 56.9 Å². The number of halogens is 1. The van der Waals surface area contributed by atoms with Gasteiger partial charge in [0.1, 0.15) is 5.82 Å². The van der Waals surface area contributed by atoms with Gasteiger partial charge in [0, 0.05) is 20.0 Å². The van der Waals surface area contributed by atoms with Gasteiger partial charge in [0.25, 0.3) is 0 Å². The highest BCUT2D eigenvalue weighted by atomic mass is 19.1. The lowest BCUT2D eigenvalue weighted by atomic mass is 9.86. The van der Waals surface area contributed by atoms with Gasteiger partial charge in [0.15, 0.2) is 0 Å². The molecule has 0 atom stereocenters. The van der Waals surface area contributed by atoms with Crippen molar-refractivity contribution in [2.75, 3.05) is 7.05 Å². The molecule has 0 spiro atoms. The van der Waals surface area contributed by atoms with Crippen molar-refractivity contribution < 1.29 is 9.18 Å². The summed E-state index contributed by atoms with van der Waals surface area (Å²) in [5.74, 6) is 0.796. The Morgan fingerprint density at radius 2 is 1.86 bits per heavy atom. The average Bonchev–Trinajstić information content (AvgIpc) is 2.50. The zero-order valence-corrected chi connectivity index (χ0v) is 13.0. The van der Waals surface area contributed by atoms with Crippen molar-refractivity contribution in [2.45, 2.75) is 57.9 Å². The van der Waals surface area contributed by atoms with Gasteiger partial charge in [-0.3, -0.25) is 4.79 Å². The van der Waals surface area contributed by atoms with Crippen LogP contribution in [-0.2, 0) is 11.3 Å². The third kappa shape index (κ3) is 5.49. The van der Waals surface area contributed by atoms with E-state index in [4.69, 9.17) is 0 Å². The Morgan fingerprint density at radius 1 is 1.19 bits per heavy atom. The third-order valence-corrected chi connectivity index (χ3v) is 4.49. The molecular formula is C18H26FNO. The molecule has 1 aliphatic rings. The Balaban J connectivity index is 1.68. The molecule has 1 fully saturated rings. The van der Waals surface area contributed by atoms with Gasteiger partial charge in [-0.2, -0.15) is 0 Å². The maximum atomic E-state index is 12.8. The fourth-order valence-corrected chi connectivity index (χ4v) is 3.16. The van der Waals surface area contributed by atoms with E-state index in [0.717, 1.165) is 17.9 Å². The van der Waals surface area contributed by atoms with Crippen molar-refractivity contribution in [1.29, 1.82) is 0 Å². The summed E-state index contributed by atoms with van der Waals surface area (Å²) in [4.78, 5) is 13.9. The van der Waals surface area contributed by atoms with Crippen LogP contribution in [0.5, 0.6) is 0 Å². The van der Waals surface area contributed by atoms with E-state index in [0.29, 0.717) is 13.0 Å². The lowest BCUT2D eigenvalue weighted by Crippen LogP contribution is -2.26. The first kappa shape index (κ1) is 16.0. The molecule has 3 heteroatoms. The van der Waals surface area contributed by atoms with Crippen LogP contribution in [0.2, 0.25) is 0 Å². The molecule has 0 heterocycles. The minimum atomic E-state index is -0.236. The Hall–Kier alpha value is -1.38. The van der Waals surface area contributed by atoms with Crippen LogP contribution in [0, 0.1) is 11.7 Å². The molecule has 0 radical (unpaired) electrons. The van der Waals surface area contributed by atoms with E-state index < -0.39 is 0 Å². The molecule has 0 aliphatic heterocycles. The summed E-state index contributed by atoms with van der Waals surface area (Å²) in [6.45, 7) is 0.558. The molecule has 1 aromatic rings. The van der Waals surface area contributed by atoms with Gasteiger partial charge in [-0.1, -0.05) is 44.2 Å². The van der Waals surface area contributed by atoms with Crippen molar-refractivity contribution in [3.05, 3.63) is 35.6 Å². The minimum Gasteiger partial charge on any atom is -0.341 e. The highest BCUT2D eigenvalue weighted by Crippen LogP contribution is 2.27. The number of nitrogens with zero attached hydrogens (tertiary/aromatic N) is 1. The Kier molecular flexibility index (Phi) is 6.21. The number of benzene rings is 1. The first-order valence-electron chi connectivity index (χ1n) is 8.13. The fraction of sp³-hybridized carbons (Fsp3) is 0.611. The maximum absolute atomic E-state index is 12.8. The second kappa shape index (κ2) is 8.16. The summed E-state index contributed by atoms with van der Waals surface area (Å²) >= 11 is 0. The Labute approximate surface area is 127 Å². The Morgan fingerprint density at radius 3 is 2.52 bits per heavy atom. The van der Waals surface area contributed by atoms with Gasteiger partial charge in [-0.05, 0) is 36.5 Å². The summed E-state index contributed by atoms with van der Waals surface area (Å²) in [7, 11) is 1.83. The van der Waals surface area contributed by atoms with Crippen LogP contribution in [-0.4, -0.2) is 17.9 Å². The first-order chi connectivity index (χ1) is 10.1. The molecule has 0 unspecified atom stereocenters. The highest BCUT2D eigenvalue weighted by molar-refractivity contribution is 5.75. The number of rotatable bonds is 6. The van der Waals surface area contributed by atoms with E-state index in [1.165, 1.54) is 50.7 Å². The van der Waals surface area contributed by atoms with E-state index >= 15 is 0 Å². The summed E-state index contributed by atoms with van der Waals surface area (Å²) in [5, 5.41) is 0. The molecule has 2 rings (SSSR count). The SMILES string of the molecule is CN(Cc1ccc(F)cc1)C(=O)CCCC1CCCCC1. The van der Waals surface area contributed by atoms with E-state index in [1.807, 2.05) is 7.05 Å². The molecule has 0 saturated heterocycles. The molecule has 116 valence electrons. The third-order valence-electron chi connectivity index (χ3n) is 4.49.